The van der Waals surface area contributed by atoms with Gasteiger partial charge in [-0.15, -0.1) is 0 Å². The van der Waals surface area contributed by atoms with Crippen molar-refractivity contribution in [3.8, 4) is 0 Å². The molecule has 0 aromatic carbocycles. The molecule has 0 fully saturated rings. The van der Waals surface area contributed by atoms with Gasteiger partial charge in [-0.1, -0.05) is 6.92 Å². The van der Waals surface area contributed by atoms with Crippen LogP contribution in [0.25, 0.3) is 0 Å². The first-order valence-corrected chi connectivity index (χ1v) is 6.78. The van der Waals surface area contributed by atoms with Crippen LogP contribution < -0.4 is 5.32 Å². The maximum absolute atomic E-state index is 12.6. The summed E-state index contributed by atoms with van der Waals surface area (Å²) in [4.78, 5) is 34.7. The monoisotopic (exact) mass is 327 g/mol. The minimum atomic E-state index is -4.48. The number of alkyl halides is 3. The number of hydrogen-bond acceptors (Lipinski definition) is 5. The largest absolute Gasteiger partial charge is 0.464 e. The van der Waals surface area contributed by atoms with Crippen LogP contribution in [0.15, 0.2) is 0 Å². The van der Waals surface area contributed by atoms with E-state index in [4.69, 9.17) is 9.47 Å². The average molecular weight is 327 g/mol. The van der Waals surface area contributed by atoms with Crippen LogP contribution in [0, 0.1) is 5.92 Å². The number of esters is 2. The summed E-state index contributed by atoms with van der Waals surface area (Å²) in [5.74, 6) is -4.05. The minimum Gasteiger partial charge on any atom is -0.464 e. The van der Waals surface area contributed by atoms with E-state index in [9.17, 15) is 27.6 Å². The first-order chi connectivity index (χ1) is 10.2. The Balaban J connectivity index is 5.39. The van der Waals surface area contributed by atoms with Crippen molar-refractivity contribution >= 4 is 18.3 Å². The number of hydrogen-bond donors (Lipinski definition) is 1. The van der Waals surface area contributed by atoms with Gasteiger partial charge in [0, 0.05) is 0 Å². The summed E-state index contributed by atoms with van der Waals surface area (Å²) in [5.41, 5.74) is -2.27. The van der Waals surface area contributed by atoms with E-state index in [-0.39, 0.29) is 19.6 Å². The predicted molar refractivity (Wildman–Crippen MR) is 69.6 cm³/mol. The molecular weight excluding hydrogens is 307 g/mol. The summed E-state index contributed by atoms with van der Waals surface area (Å²) in [5, 5.41) is 1.98. The van der Waals surface area contributed by atoms with Crippen molar-refractivity contribution in [1.29, 1.82) is 0 Å². The molecule has 0 aliphatic rings. The number of ether oxygens (including phenoxy) is 2. The van der Waals surface area contributed by atoms with E-state index in [1.165, 1.54) is 13.8 Å². The van der Waals surface area contributed by atoms with Crippen molar-refractivity contribution in [3.05, 3.63) is 0 Å². The highest BCUT2D eigenvalue weighted by molar-refractivity contribution is 6.06. The zero-order chi connectivity index (χ0) is 17.4. The number of halogens is 3. The summed E-state index contributed by atoms with van der Waals surface area (Å²) >= 11 is 0. The van der Waals surface area contributed by atoms with Gasteiger partial charge in [0.1, 0.15) is 0 Å². The normalized spacial score (nSPS) is 13.2. The maximum Gasteiger partial charge on any atom is 0.391 e. The lowest BCUT2D eigenvalue weighted by atomic mass is 9.89. The van der Waals surface area contributed by atoms with Crippen molar-refractivity contribution in [3.63, 3.8) is 0 Å². The third-order valence-corrected chi connectivity index (χ3v) is 3.06. The number of nitrogens with one attached hydrogen (secondary N) is 1. The fraction of sp³-hybridized carbons (Fsp3) is 0.769. The van der Waals surface area contributed by atoms with Crippen LogP contribution in [0.3, 0.4) is 0 Å². The number of carbonyl (C=O) groups is 3. The number of amides is 1. The van der Waals surface area contributed by atoms with Crippen LogP contribution in [-0.2, 0) is 23.9 Å². The van der Waals surface area contributed by atoms with Crippen LogP contribution >= 0.6 is 0 Å². The molecule has 0 spiro atoms. The van der Waals surface area contributed by atoms with E-state index in [1.807, 2.05) is 5.32 Å². The molecule has 6 nitrogen and oxygen atoms in total. The Morgan fingerprint density at radius 2 is 1.59 bits per heavy atom. The molecule has 1 unspecified atom stereocenters. The fourth-order valence-electron chi connectivity index (χ4n) is 1.68. The molecule has 0 saturated heterocycles. The second-order valence-corrected chi connectivity index (χ2v) is 4.59. The molecule has 0 rings (SSSR count). The van der Waals surface area contributed by atoms with Gasteiger partial charge in [-0.25, -0.2) is 9.59 Å². The van der Waals surface area contributed by atoms with Crippen LogP contribution in [-0.4, -0.2) is 43.3 Å². The highest BCUT2D eigenvalue weighted by atomic mass is 19.4. The Kier molecular flexibility index (Phi) is 7.89. The van der Waals surface area contributed by atoms with Crippen LogP contribution in [0.1, 0.15) is 33.6 Å². The van der Waals surface area contributed by atoms with E-state index in [0.717, 1.165) is 6.92 Å². The highest BCUT2D eigenvalue weighted by Gasteiger charge is 2.50. The molecule has 0 aliphatic heterocycles. The van der Waals surface area contributed by atoms with Crippen molar-refractivity contribution in [2.45, 2.75) is 45.3 Å². The van der Waals surface area contributed by atoms with E-state index >= 15 is 0 Å². The molecule has 0 saturated carbocycles. The summed E-state index contributed by atoms with van der Waals surface area (Å²) in [6, 6.07) is 0. The third kappa shape index (κ3) is 5.19. The van der Waals surface area contributed by atoms with E-state index < -0.39 is 42.4 Å². The molecule has 0 bridgehead atoms. The van der Waals surface area contributed by atoms with Gasteiger partial charge in [-0.3, -0.25) is 4.79 Å². The molecule has 128 valence electrons. The third-order valence-electron chi connectivity index (χ3n) is 3.06. The van der Waals surface area contributed by atoms with Crippen molar-refractivity contribution in [2.75, 3.05) is 13.2 Å². The first-order valence-electron chi connectivity index (χ1n) is 6.78. The Hall–Kier alpha value is -1.80. The highest BCUT2D eigenvalue weighted by Crippen LogP contribution is 2.31. The molecule has 0 radical (unpaired) electrons. The van der Waals surface area contributed by atoms with Crippen LogP contribution in [0.2, 0.25) is 0 Å². The predicted octanol–water partition coefficient (Wildman–Crippen LogP) is 1.58. The number of rotatable bonds is 9. The summed E-state index contributed by atoms with van der Waals surface area (Å²) in [6.45, 7) is 3.65. The average Bonchev–Trinajstić information content (AvgIpc) is 2.42. The quantitative estimate of drug-likeness (QED) is 0.395. The van der Waals surface area contributed by atoms with Crippen LogP contribution in [0.5, 0.6) is 0 Å². The molecule has 0 heterocycles. The fourth-order valence-corrected chi connectivity index (χ4v) is 1.68. The molecule has 0 aromatic heterocycles. The Morgan fingerprint density at radius 1 is 1.14 bits per heavy atom. The minimum absolute atomic E-state index is 0.0616. The lowest BCUT2D eigenvalue weighted by Crippen LogP contribution is -2.59. The second kappa shape index (κ2) is 8.60. The van der Waals surface area contributed by atoms with Gasteiger partial charge in [-0.05, 0) is 26.7 Å². The zero-order valence-corrected chi connectivity index (χ0v) is 12.7. The SMILES string of the molecule is CCOC(=O)C(CCC(C)C(F)(F)F)(NC=O)C(=O)OCC. The van der Waals surface area contributed by atoms with Crippen molar-refractivity contribution in [2.24, 2.45) is 5.92 Å². The topological polar surface area (TPSA) is 81.7 Å². The molecule has 1 N–H and O–H groups in total. The Morgan fingerprint density at radius 3 is 1.91 bits per heavy atom. The molecular formula is C13H20F3NO5. The molecule has 1 amide bonds. The summed E-state index contributed by atoms with van der Waals surface area (Å²) in [6.07, 6.45) is -5.55. The first kappa shape index (κ1) is 20.2. The van der Waals surface area contributed by atoms with Gasteiger partial charge in [0.2, 0.25) is 11.9 Å². The maximum atomic E-state index is 12.6. The van der Waals surface area contributed by atoms with Crippen molar-refractivity contribution in [1.82, 2.24) is 5.32 Å². The molecule has 0 aliphatic carbocycles. The van der Waals surface area contributed by atoms with Gasteiger partial charge in [-0.2, -0.15) is 13.2 Å². The lowest BCUT2D eigenvalue weighted by Gasteiger charge is -2.29. The van der Waals surface area contributed by atoms with E-state index in [0.29, 0.717) is 0 Å². The van der Waals surface area contributed by atoms with Crippen molar-refractivity contribution < 1.29 is 37.0 Å². The Bertz CT molecular complexity index is 380. The van der Waals surface area contributed by atoms with Gasteiger partial charge in [0.05, 0.1) is 19.1 Å². The smallest absolute Gasteiger partial charge is 0.391 e. The molecule has 0 aromatic rings. The van der Waals surface area contributed by atoms with E-state index in [2.05, 4.69) is 0 Å². The van der Waals surface area contributed by atoms with E-state index in [1.54, 1.807) is 0 Å². The Labute approximate surface area is 126 Å². The van der Waals surface area contributed by atoms with Gasteiger partial charge < -0.3 is 14.8 Å². The zero-order valence-electron chi connectivity index (χ0n) is 12.7. The van der Waals surface area contributed by atoms with Gasteiger partial charge in [0.25, 0.3) is 0 Å². The van der Waals surface area contributed by atoms with Gasteiger partial charge >= 0.3 is 18.1 Å². The summed E-state index contributed by atoms with van der Waals surface area (Å²) in [7, 11) is 0. The van der Waals surface area contributed by atoms with Crippen LogP contribution in [0.4, 0.5) is 13.2 Å². The standard InChI is InChI=1S/C13H20F3NO5/c1-4-21-10(19)12(17-8-18,11(20)22-5-2)7-6-9(3)13(14,15)16/h8-9H,4-7H2,1-3H3,(H,17,18). The van der Waals surface area contributed by atoms with Gasteiger partial charge in [0.15, 0.2) is 0 Å². The lowest BCUT2D eigenvalue weighted by molar-refractivity contribution is -0.178. The molecule has 1 atom stereocenters. The summed E-state index contributed by atoms with van der Waals surface area (Å²) < 4.78 is 47.2. The number of carbonyl (C=O) groups excluding carboxylic acids is 3. The second-order valence-electron chi connectivity index (χ2n) is 4.59. The molecule has 22 heavy (non-hydrogen) atoms. The molecule has 9 heteroatoms.